The number of amides is 1. The maximum Gasteiger partial charge on any atom is 0.259 e. The van der Waals surface area contributed by atoms with Gasteiger partial charge in [0, 0.05) is 10.7 Å². The van der Waals surface area contributed by atoms with Crippen molar-refractivity contribution in [2.45, 2.75) is 6.92 Å². The van der Waals surface area contributed by atoms with Crippen LogP contribution < -0.4 is 10.7 Å². The highest BCUT2D eigenvalue weighted by Crippen LogP contribution is 2.28. The minimum Gasteiger partial charge on any atom is -0.506 e. The molecular weight excluding hydrogens is 382 g/mol. The molecule has 2 aromatic rings. The van der Waals surface area contributed by atoms with Gasteiger partial charge in [-0.1, -0.05) is 17.7 Å². The van der Waals surface area contributed by atoms with E-state index < -0.39 is 0 Å². The number of aromatic hydroxyl groups is 1. The average molecular weight is 397 g/mol. The van der Waals surface area contributed by atoms with Crippen LogP contribution in [0, 0.1) is 6.92 Å². The lowest BCUT2D eigenvalue weighted by atomic mass is 10.1. The molecule has 0 heterocycles. The van der Waals surface area contributed by atoms with E-state index in [4.69, 9.17) is 11.6 Å². The molecule has 2 aromatic carbocycles. The molecule has 7 heteroatoms. The van der Waals surface area contributed by atoms with Crippen LogP contribution in [0.5, 0.6) is 5.75 Å². The third kappa shape index (κ3) is 5.26. The van der Waals surface area contributed by atoms with Crippen LogP contribution in [0.3, 0.4) is 0 Å². The second-order valence-corrected chi connectivity index (χ2v) is 6.12. The maximum atomic E-state index is 11.7. The summed E-state index contributed by atoms with van der Waals surface area (Å²) in [6.07, 6.45) is 1.51. The summed E-state index contributed by atoms with van der Waals surface area (Å²) in [4.78, 5) is 11.7. The van der Waals surface area contributed by atoms with E-state index in [0.717, 1.165) is 16.8 Å². The third-order valence-corrected chi connectivity index (χ3v) is 3.80. The number of carbonyl (C=O) groups excluding carboxylic acids is 1. The molecule has 3 N–H and O–H groups in total. The van der Waals surface area contributed by atoms with E-state index in [0.29, 0.717) is 9.50 Å². The molecule has 2 rings (SSSR count). The van der Waals surface area contributed by atoms with Gasteiger partial charge in [0.15, 0.2) is 0 Å². The highest BCUT2D eigenvalue weighted by atomic mass is 79.9. The minimum absolute atomic E-state index is 0.0793. The first kappa shape index (κ1) is 17.3. The van der Waals surface area contributed by atoms with Crippen LogP contribution in [-0.4, -0.2) is 23.8 Å². The monoisotopic (exact) mass is 395 g/mol. The second-order valence-electron chi connectivity index (χ2n) is 4.83. The van der Waals surface area contributed by atoms with Gasteiger partial charge in [-0.2, -0.15) is 5.10 Å². The Morgan fingerprint density at radius 3 is 2.87 bits per heavy atom. The Morgan fingerprint density at radius 1 is 1.39 bits per heavy atom. The molecule has 0 saturated carbocycles. The molecule has 1 amide bonds. The second kappa shape index (κ2) is 7.99. The minimum atomic E-state index is -0.282. The fourth-order valence-corrected chi connectivity index (χ4v) is 2.60. The molecule has 0 bridgehead atoms. The van der Waals surface area contributed by atoms with Crippen LogP contribution in [0.25, 0.3) is 0 Å². The number of hydrogen-bond acceptors (Lipinski definition) is 4. The summed E-state index contributed by atoms with van der Waals surface area (Å²) >= 11 is 9.12. The molecule has 0 spiro atoms. The number of hydrazone groups is 1. The van der Waals surface area contributed by atoms with Crippen molar-refractivity contribution in [3.8, 4) is 5.75 Å². The first-order valence-corrected chi connectivity index (χ1v) is 7.93. The van der Waals surface area contributed by atoms with Crippen molar-refractivity contribution in [2.24, 2.45) is 5.10 Å². The molecule has 0 aromatic heterocycles. The number of phenols is 1. The van der Waals surface area contributed by atoms with Gasteiger partial charge in [0.1, 0.15) is 5.75 Å². The predicted octanol–water partition coefficient (Wildman–Crippen LogP) is 3.68. The van der Waals surface area contributed by atoms with Gasteiger partial charge in [-0.25, -0.2) is 5.43 Å². The first-order chi connectivity index (χ1) is 11.0. The highest BCUT2D eigenvalue weighted by molar-refractivity contribution is 9.10. The van der Waals surface area contributed by atoms with Gasteiger partial charge >= 0.3 is 0 Å². The Hall–Kier alpha value is -2.05. The lowest BCUT2D eigenvalue weighted by Crippen LogP contribution is -2.25. The van der Waals surface area contributed by atoms with Crippen LogP contribution in [0.2, 0.25) is 5.02 Å². The maximum absolute atomic E-state index is 11.7. The van der Waals surface area contributed by atoms with Crippen LogP contribution >= 0.6 is 27.5 Å². The molecule has 120 valence electrons. The van der Waals surface area contributed by atoms with Crippen LogP contribution in [-0.2, 0) is 4.79 Å². The van der Waals surface area contributed by atoms with E-state index >= 15 is 0 Å². The number of benzene rings is 2. The number of halogens is 2. The normalized spacial score (nSPS) is 10.7. The van der Waals surface area contributed by atoms with Crippen molar-refractivity contribution in [1.29, 1.82) is 0 Å². The molecule has 0 radical (unpaired) electrons. The number of aryl methyl sites for hydroxylation is 1. The number of nitrogens with zero attached hydrogens (tertiary/aromatic N) is 1. The summed E-state index contributed by atoms with van der Waals surface area (Å²) in [6.45, 7) is 1.86. The molecule has 23 heavy (non-hydrogen) atoms. The van der Waals surface area contributed by atoms with E-state index in [1.54, 1.807) is 37.3 Å². The topological polar surface area (TPSA) is 73.7 Å². The number of anilines is 1. The van der Waals surface area contributed by atoms with Gasteiger partial charge in [0.05, 0.1) is 17.2 Å². The summed E-state index contributed by atoms with van der Waals surface area (Å²) < 4.78 is 0.577. The molecule has 0 aliphatic carbocycles. The Kier molecular flexibility index (Phi) is 6.01. The summed E-state index contributed by atoms with van der Waals surface area (Å²) in [7, 11) is 0. The van der Waals surface area contributed by atoms with E-state index in [-0.39, 0.29) is 18.2 Å². The quantitative estimate of drug-likeness (QED) is 0.533. The number of hydrogen-bond donors (Lipinski definition) is 3. The molecule has 0 fully saturated rings. The number of nitrogens with one attached hydrogen (secondary N) is 2. The summed E-state index contributed by atoms with van der Waals surface area (Å²) in [5.41, 5.74) is 4.66. The van der Waals surface area contributed by atoms with Gasteiger partial charge < -0.3 is 10.4 Å². The lowest BCUT2D eigenvalue weighted by Gasteiger charge is -2.05. The number of phenolic OH excluding ortho intramolecular Hbond substituents is 1. The van der Waals surface area contributed by atoms with Gasteiger partial charge in [-0.3, -0.25) is 4.79 Å². The lowest BCUT2D eigenvalue weighted by molar-refractivity contribution is -0.119. The molecule has 0 saturated heterocycles. The van der Waals surface area contributed by atoms with E-state index in [1.165, 1.54) is 6.21 Å². The predicted molar refractivity (Wildman–Crippen MR) is 96.2 cm³/mol. The zero-order valence-corrected chi connectivity index (χ0v) is 14.6. The van der Waals surface area contributed by atoms with Gasteiger partial charge in [0.25, 0.3) is 5.91 Å². The van der Waals surface area contributed by atoms with Crippen molar-refractivity contribution in [2.75, 3.05) is 11.9 Å². The molecular formula is C16H15BrClN3O2. The smallest absolute Gasteiger partial charge is 0.259 e. The van der Waals surface area contributed by atoms with Gasteiger partial charge in [-0.05, 0) is 64.3 Å². The van der Waals surface area contributed by atoms with E-state index in [9.17, 15) is 9.90 Å². The van der Waals surface area contributed by atoms with Crippen molar-refractivity contribution >= 4 is 45.3 Å². The molecule has 0 unspecified atom stereocenters. The van der Waals surface area contributed by atoms with Crippen LogP contribution in [0.15, 0.2) is 46.0 Å². The number of rotatable bonds is 5. The van der Waals surface area contributed by atoms with Crippen LogP contribution in [0.4, 0.5) is 5.69 Å². The SMILES string of the molecule is Cc1cc(/C=N/NC(=O)CNc2cccc(Cl)c2)cc(Br)c1O. The Balaban J connectivity index is 1.86. The Morgan fingerprint density at radius 2 is 2.17 bits per heavy atom. The average Bonchev–Trinajstić information content (AvgIpc) is 2.50. The molecule has 5 nitrogen and oxygen atoms in total. The standard InChI is InChI=1S/C16H15BrClN3O2/c1-10-5-11(6-14(17)16(10)23)8-20-21-15(22)9-19-13-4-2-3-12(18)7-13/h2-8,19,23H,9H2,1H3,(H,21,22)/b20-8+. The zero-order valence-electron chi connectivity index (χ0n) is 12.3. The largest absolute Gasteiger partial charge is 0.506 e. The molecule has 0 aliphatic rings. The van der Waals surface area contributed by atoms with Crippen molar-refractivity contribution in [3.05, 3.63) is 57.0 Å². The fourth-order valence-electron chi connectivity index (χ4n) is 1.84. The summed E-state index contributed by atoms with van der Waals surface area (Å²) in [6, 6.07) is 10.6. The third-order valence-electron chi connectivity index (χ3n) is 2.96. The van der Waals surface area contributed by atoms with E-state index in [1.807, 2.05) is 6.07 Å². The first-order valence-electron chi connectivity index (χ1n) is 6.76. The Labute approximate surface area is 147 Å². The van der Waals surface area contributed by atoms with Crippen molar-refractivity contribution in [1.82, 2.24) is 5.43 Å². The molecule has 0 atom stereocenters. The van der Waals surface area contributed by atoms with E-state index in [2.05, 4.69) is 31.8 Å². The fraction of sp³-hybridized carbons (Fsp3) is 0.125. The van der Waals surface area contributed by atoms with Crippen molar-refractivity contribution in [3.63, 3.8) is 0 Å². The summed E-state index contributed by atoms with van der Waals surface area (Å²) in [5, 5.41) is 17.1. The molecule has 0 aliphatic heterocycles. The van der Waals surface area contributed by atoms with Crippen LogP contribution in [0.1, 0.15) is 11.1 Å². The highest BCUT2D eigenvalue weighted by Gasteiger charge is 2.03. The van der Waals surface area contributed by atoms with Crippen molar-refractivity contribution < 1.29 is 9.90 Å². The summed E-state index contributed by atoms with van der Waals surface area (Å²) in [5.74, 6) is -0.0901. The zero-order chi connectivity index (χ0) is 16.8. The Bertz CT molecular complexity index is 727. The number of carbonyl (C=O) groups is 1. The van der Waals surface area contributed by atoms with Gasteiger partial charge in [0.2, 0.25) is 0 Å². The van der Waals surface area contributed by atoms with Gasteiger partial charge in [-0.15, -0.1) is 0 Å².